The van der Waals surface area contributed by atoms with Gasteiger partial charge < -0.3 is 10.3 Å². The summed E-state index contributed by atoms with van der Waals surface area (Å²) in [6.07, 6.45) is 6.64. The van der Waals surface area contributed by atoms with E-state index in [1.54, 1.807) is 0 Å². The number of rotatable bonds is 3. The van der Waals surface area contributed by atoms with E-state index in [0.717, 1.165) is 18.1 Å². The van der Waals surface area contributed by atoms with Gasteiger partial charge in [0.05, 0.1) is 5.69 Å². The Labute approximate surface area is 94.5 Å². The second-order valence-electron chi connectivity index (χ2n) is 3.93. The molecule has 2 heterocycles. The summed E-state index contributed by atoms with van der Waals surface area (Å²) >= 11 is 0. The molecular weight excluding hydrogens is 212 g/mol. The van der Waals surface area contributed by atoms with Crippen LogP contribution in [0.3, 0.4) is 0 Å². The summed E-state index contributed by atoms with van der Waals surface area (Å²) in [5, 5.41) is 4.53. The van der Waals surface area contributed by atoms with Gasteiger partial charge in [0.15, 0.2) is 0 Å². The molecule has 2 N–H and O–H groups in total. The number of hydrogen-bond acceptors (Lipinski definition) is 2. The van der Waals surface area contributed by atoms with Crippen molar-refractivity contribution in [1.82, 2.24) is 14.2 Å². The molecule has 0 aliphatic heterocycles. The topological polar surface area (TPSA) is 48.2 Å². The SMILES string of the molecule is Cl.NCCn1ccn2nc(C3CC3)cc12. The number of aromatic nitrogens is 3. The molecule has 2 aromatic heterocycles. The fourth-order valence-corrected chi connectivity index (χ4v) is 1.85. The Morgan fingerprint density at radius 2 is 2.20 bits per heavy atom. The zero-order valence-corrected chi connectivity index (χ0v) is 9.28. The van der Waals surface area contributed by atoms with Crippen LogP contribution in [0.2, 0.25) is 0 Å². The average Bonchev–Trinajstić information content (AvgIpc) is 2.84. The summed E-state index contributed by atoms with van der Waals surface area (Å²) in [5.41, 5.74) is 7.95. The predicted octanol–water partition coefficient (Wildman–Crippen LogP) is 1.39. The Morgan fingerprint density at radius 1 is 1.40 bits per heavy atom. The fourth-order valence-electron chi connectivity index (χ4n) is 1.85. The van der Waals surface area contributed by atoms with Crippen LogP contribution in [0, 0.1) is 0 Å². The molecule has 1 aliphatic carbocycles. The summed E-state index contributed by atoms with van der Waals surface area (Å²) in [7, 11) is 0. The van der Waals surface area contributed by atoms with Gasteiger partial charge in [-0.1, -0.05) is 0 Å². The zero-order chi connectivity index (χ0) is 9.54. The molecule has 1 aliphatic rings. The lowest BCUT2D eigenvalue weighted by atomic mass is 10.3. The van der Waals surface area contributed by atoms with Crippen molar-refractivity contribution in [2.75, 3.05) is 6.54 Å². The third-order valence-electron chi connectivity index (χ3n) is 2.78. The summed E-state index contributed by atoms with van der Waals surface area (Å²) in [6.45, 7) is 1.54. The van der Waals surface area contributed by atoms with Crippen LogP contribution >= 0.6 is 12.4 Å². The lowest BCUT2D eigenvalue weighted by Crippen LogP contribution is -2.08. The maximum absolute atomic E-state index is 5.54. The first-order valence-corrected chi connectivity index (χ1v) is 5.13. The van der Waals surface area contributed by atoms with E-state index in [4.69, 9.17) is 5.73 Å². The molecule has 0 atom stereocenters. The van der Waals surface area contributed by atoms with E-state index in [-0.39, 0.29) is 12.4 Å². The van der Waals surface area contributed by atoms with Crippen LogP contribution in [0.1, 0.15) is 24.5 Å². The summed E-state index contributed by atoms with van der Waals surface area (Å²) in [4.78, 5) is 0. The lowest BCUT2D eigenvalue weighted by Gasteiger charge is -1.97. The van der Waals surface area contributed by atoms with Gasteiger partial charge >= 0.3 is 0 Å². The van der Waals surface area contributed by atoms with Crippen molar-refractivity contribution < 1.29 is 0 Å². The molecule has 1 saturated carbocycles. The monoisotopic (exact) mass is 226 g/mol. The minimum Gasteiger partial charge on any atom is -0.330 e. The fraction of sp³-hybridized carbons (Fsp3) is 0.500. The van der Waals surface area contributed by atoms with Gasteiger partial charge in [-0.15, -0.1) is 12.4 Å². The van der Waals surface area contributed by atoms with Crippen LogP contribution in [0.15, 0.2) is 18.5 Å². The minimum absolute atomic E-state index is 0. The Morgan fingerprint density at radius 3 is 2.87 bits per heavy atom. The highest BCUT2D eigenvalue weighted by atomic mass is 35.5. The number of fused-ring (bicyclic) bond motifs is 1. The van der Waals surface area contributed by atoms with Crippen LogP contribution in [0.4, 0.5) is 0 Å². The zero-order valence-electron chi connectivity index (χ0n) is 8.47. The van der Waals surface area contributed by atoms with Crippen molar-refractivity contribution in [2.45, 2.75) is 25.3 Å². The second-order valence-corrected chi connectivity index (χ2v) is 3.93. The number of nitrogens with two attached hydrogens (primary N) is 1. The van der Waals surface area contributed by atoms with Crippen molar-refractivity contribution in [3.63, 3.8) is 0 Å². The van der Waals surface area contributed by atoms with Gasteiger partial charge in [-0.25, -0.2) is 4.52 Å². The van der Waals surface area contributed by atoms with Crippen LogP contribution in [-0.2, 0) is 6.54 Å². The molecule has 15 heavy (non-hydrogen) atoms. The molecule has 2 aromatic rings. The molecule has 82 valence electrons. The summed E-state index contributed by atoms with van der Waals surface area (Å²) < 4.78 is 4.10. The molecule has 1 fully saturated rings. The standard InChI is InChI=1S/C10H14N4.ClH/c11-3-4-13-5-6-14-10(13)7-9(12-14)8-1-2-8;/h5-8H,1-4,11H2;1H. The largest absolute Gasteiger partial charge is 0.330 e. The average molecular weight is 227 g/mol. The first-order chi connectivity index (χ1) is 6.88. The van der Waals surface area contributed by atoms with Gasteiger partial charge in [-0.05, 0) is 12.8 Å². The molecule has 5 heteroatoms. The molecule has 0 radical (unpaired) electrons. The molecule has 0 spiro atoms. The Hall–Kier alpha value is -1.00. The van der Waals surface area contributed by atoms with E-state index < -0.39 is 0 Å². The maximum Gasteiger partial charge on any atom is 0.136 e. The van der Waals surface area contributed by atoms with Gasteiger partial charge in [0.1, 0.15) is 5.65 Å². The highest BCUT2D eigenvalue weighted by Gasteiger charge is 2.26. The first-order valence-electron chi connectivity index (χ1n) is 5.13. The van der Waals surface area contributed by atoms with E-state index in [1.807, 2.05) is 16.9 Å². The number of halogens is 1. The van der Waals surface area contributed by atoms with Gasteiger partial charge in [0, 0.05) is 37.5 Å². The lowest BCUT2D eigenvalue weighted by molar-refractivity contribution is 0.730. The van der Waals surface area contributed by atoms with E-state index >= 15 is 0 Å². The van der Waals surface area contributed by atoms with Crippen molar-refractivity contribution in [2.24, 2.45) is 5.73 Å². The third-order valence-corrected chi connectivity index (χ3v) is 2.78. The highest BCUT2D eigenvalue weighted by Crippen LogP contribution is 2.39. The third kappa shape index (κ3) is 1.75. The predicted molar refractivity (Wildman–Crippen MR) is 61.5 cm³/mol. The summed E-state index contributed by atoms with van der Waals surface area (Å²) in [5.74, 6) is 0.723. The Kier molecular flexibility index (Phi) is 2.71. The summed E-state index contributed by atoms with van der Waals surface area (Å²) in [6, 6.07) is 2.19. The van der Waals surface area contributed by atoms with Gasteiger partial charge in [-0.2, -0.15) is 5.10 Å². The first kappa shape index (κ1) is 10.5. The Balaban J connectivity index is 0.000000853. The highest BCUT2D eigenvalue weighted by molar-refractivity contribution is 5.85. The maximum atomic E-state index is 5.54. The van der Waals surface area contributed by atoms with Crippen LogP contribution < -0.4 is 5.73 Å². The minimum atomic E-state index is 0. The molecule has 0 aromatic carbocycles. The molecule has 0 unspecified atom stereocenters. The number of hydrogen-bond donors (Lipinski definition) is 1. The van der Waals surface area contributed by atoms with E-state index in [0.29, 0.717) is 6.54 Å². The molecular formula is C10H15ClN4. The number of imidazole rings is 1. The van der Waals surface area contributed by atoms with Crippen LogP contribution in [-0.4, -0.2) is 20.7 Å². The van der Waals surface area contributed by atoms with Crippen LogP contribution in [0.25, 0.3) is 5.65 Å². The van der Waals surface area contributed by atoms with Gasteiger partial charge in [-0.3, -0.25) is 0 Å². The Bertz CT molecular complexity index is 455. The number of nitrogens with zero attached hydrogens (tertiary/aromatic N) is 3. The van der Waals surface area contributed by atoms with Crippen molar-refractivity contribution in [3.05, 3.63) is 24.2 Å². The quantitative estimate of drug-likeness (QED) is 0.860. The van der Waals surface area contributed by atoms with Gasteiger partial charge in [0.2, 0.25) is 0 Å². The van der Waals surface area contributed by atoms with Crippen molar-refractivity contribution in [1.29, 1.82) is 0 Å². The van der Waals surface area contributed by atoms with Crippen molar-refractivity contribution >= 4 is 18.1 Å². The second kappa shape index (κ2) is 3.87. The van der Waals surface area contributed by atoms with E-state index in [1.165, 1.54) is 18.5 Å². The van der Waals surface area contributed by atoms with Gasteiger partial charge in [0.25, 0.3) is 0 Å². The van der Waals surface area contributed by atoms with E-state index in [9.17, 15) is 0 Å². The molecule has 0 amide bonds. The van der Waals surface area contributed by atoms with E-state index in [2.05, 4.69) is 15.7 Å². The van der Waals surface area contributed by atoms with Crippen LogP contribution in [0.5, 0.6) is 0 Å². The normalized spacial score (nSPS) is 15.5. The molecule has 3 rings (SSSR count). The molecule has 0 bridgehead atoms. The smallest absolute Gasteiger partial charge is 0.136 e. The molecule has 4 nitrogen and oxygen atoms in total. The molecule has 0 saturated heterocycles. The van der Waals surface area contributed by atoms with Crippen molar-refractivity contribution in [3.8, 4) is 0 Å².